The van der Waals surface area contributed by atoms with Crippen molar-refractivity contribution in [3.05, 3.63) is 54.4 Å². The van der Waals surface area contributed by atoms with Gasteiger partial charge in [0, 0.05) is 37.1 Å². The second-order valence-corrected chi connectivity index (χ2v) is 5.95. The third kappa shape index (κ3) is 2.55. The van der Waals surface area contributed by atoms with Crippen LogP contribution in [0, 0.1) is 0 Å². The van der Waals surface area contributed by atoms with Crippen molar-refractivity contribution >= 4 is 17.3 Å². The summed E-state index contributed by atoms with van der Waals surface area (Å²) in [6.07, 6.45) is 4.72. The van der Waals surface area contributed by atoms with Crippen LogP contribution in [0.5, 0.6) is 0 Å². The number of hydrogen-bond acceptors (Lipinski definition) is 4. The summed E-state index contributed by atoms with van der Waals surface area (Å²) in [6, 6.07) is 12.6. The number of nitrogens with one attached hydrogen (secondary N) is 2. The summed E-state index contributed by atoms with van der Waals surface area (Å²) >= 11 is 0. The number of benzene rings is 1. The lowest BCUT2D eigenvalue weighted by atomic mass is 9.91. The maximum Gasteiger partial charge on any atom is 0.257 e. The number of piperazine rings is 1. The highest BCUT2D eigenvalue weighted by molar-refractivity contribution is 6.04. The molecule has 0 spiro atoms. The first-order valence-corrected chi connectivity index (χ1v) is 7.60. The third-order valence-corrected chi connectivity index (χ3v) is 4.30. The normalized spacial score (nSPS) is 22.8. The molecule has 0 radical (unpaired) electrons. The zero-order valence-electron chi connectivity index (χ0n) is 12.2. The van der Waals surface area contributed by atoms with Crippen LogP contribution in [-0.4, -0.2) is 36.1 Å². The first-order chi connectivity index (χ1) is 10.8. The first kappa shape index (κ1) is 13.3. The second kappa shape index (κ2) is 5.42. The smallest absolute Gasteiger partial charge is 0.257 e. The molecule has 22 heavy (non-hydrogen) atoms. The van der Waals surface area contributed by atoms with Gasteiger partial charge in [0.15, 0.2) is 0 Å². The van der Waals surface area contributed by atoms with Crippen LogP contribution in [-0.2, 0) is 0 Å². The minimum Gasteiger partial charge on any atom is -0.367 e. The number of rotatable bonds is 3. The predicted molar refractivity (Wildman–Crippen MR) is 86.2 cm³/mol. The number of carbonyl (C=O) groups excluding carboxylic acids is 1. The Morgan fingerprint density at radius 1 is 1.18 bits per heavy atom. The molecule has 112 valence electrons. The van der Waals surface area contributed by atoms with Gasteiger partial charge in [0.05, 0.1) is 17.4 Å². The lowest BCUT2D eigenvalue weighted by Gasteiger charge is -2.49. The molecule has 1 aromatic heterocycles. The Hall–Kier alpha value is -2.40. The average Bonchev–Trinajstić information content (AvgIpc) is 2.55. The van der Waals surface area contributed by atoms with Crippen molar-refractivity contribution in [2.75, 3.05) is 23.3 Å². The van der Waals surface area contributed by atoms with E-state index in [2.05, 4.69) is 20.5 Å². The van der Waals surface area contributed by atoms with Crippen molar-refractivity contribution in [3.63, 3.8) is 0 Å². The van der Waals surface area contributed by atoms with Gasteiger partial charge in [0.2, 0.25) is 0 Å². The van der Waals surface area contributed by atoms with E-state index in [9.17, 15) is 4.79 Å². The van der Waals surface area contributed by atoms with E-state index in [0.29, 0.717) is 17.6 Å². The fraction of sp³-hybridized carbons (Fsp3) is 0.294. The minimum absolute atomic E-state index is 0.124. The molecule has 2 atom stereocenters. The zero-order valence-corrected chi connectivity index (χ0v) is 12.2. The largest absolute Gasteiger partial charge is 0.367 e. The van der Waals surface area contributed by atoms with Crippen LogP contribution in [0.1, 0.15) is 16.8 Å². The third-order valence-electron chi connectivity index (χ3n) is 4.30. The fourth-order valence-corrected chi connectivity index (χ4v) is 3.17. The number of nitrogens with zero attached hydrogens (tertiary/aromatic N) is 2. The molecule has 3 aliphatic heterocycles. The van der Waals surface area contributed by atoms with Gasteiger partial charge in [0.1, 0.15) is 0 Å². The molecule has 5 heteroatoms. The van der Waals surface area contributed by atoms with E-state index in [-0.39, 0.29) is 5.91 Å². The lowest BCUT2D eigenvalue weighted by Crippen LogP contribution is -2.67. The van der Waals surface area contributed by atoms with Crippen LogP contribution in [0.3, 0.4) is 0 Å². The summed E-state index contributed by atoms with van der Waals surface area (Å²) in [5.74, 6) is -0.124. The van der Waals surface area contributed by atoms with E-state index < -0.39 is 0 Å². The first-order valence-electron chi connectivity index (χ1n) is 7.60. The molecule has 3 saturated heterocycles. The predicted octanol–water partition coefficient (Wildman–Crippen LogP) is 1.88. The van der Waals surface area contributed by atoms with Gasteiger partial charge < -0.3 is 15.5 Å². The topological polar surface area (TPSA) is 57.3 Å². The molecule has 0 aliphatic carbocycles. The number of amides is 1. The van der Waals surface area contributed by atoms with E-state index in [1.807, 2.05) is 42.6 Å². The van der Waals surface area contributed by atoms with Crippen LogP contribution >= 0.6 is 0 Å². The molecule has 5 rings (SSSR count). The molecule has 1 aromatic carbocycles. The van der Waals surface area contributed by atoms with E-state index >= 15 is 0 Å². The number of piperidine rings is 1. The molecular formula is C17H18N4O. The molecule has 3 aliphatic rings. The molecule has 3 fully saturated rings. The van der Waals surface area contributed by atoms with Gasteiger partial charge in [-0.3, -0.25) is 9.78 Å². The van der Waals surface area contributed by atoms with Crippen LogP contribution in [0.2, 0.25) is 0 Å². The molecule has 2 bridgehead atoms. The van der Waals surface area contributed by atoms with Crippen LogP contribution < -0.4 is 15.5 Å². The quantitative estimate of drug-likeness (QED) is 0.907. The maximum absolute atomic E-state index is 12.3. The summed E-state index contributed by atoms with van der Waals surface area (Å²) in [4.78, 5) is 18.9. The molecule has 2 aromatic rings. The van der Waals surface area contributed by atoms with Crippen molar-refractivity contribution in [1.29, 1.82) is 0 Å². The highest BCUT2D eigenvalue weighted by Gasteiger charge is 2.36. The van der Waals surface area contributed by atoms with E-state index in [1.54, 1.807) is 6.20 Å². The highest BCUT2D eigenvalue weighted by atomic mass is 16.1. The number of carbonyl (C=O) groups is 1. The van der Waals surface area contributed by atoms with Crippen LogP contribution in [0.15, 0.2) is 48.8 Å². The molecular weight excluding hydrogens is 276 g/mol. The van der Waals surface area contributed by atoms with Gasteiger partial charge in [-0.1, -0.05) is 18.2 Å². The standard InChI is InChI=1S/C17H18N4O/c22-17(20-13-4-2-1-3-5-13)12-6-16(9-18-8-12)21-10-14-7-15(11-21)19-14/h1-6,8-9,14-15,19H,7,10-11H2,(H,20,22). The van der Waals surface area contributed by atoms with Crippen LogP contribution in [0.4, 0.5) is 11.4 Å². The van der Waals surface area contributed by atoms with Gasteiger partial charge in [-0.2, -0.15) is 0 Å². The van der Waals surface area contributed by atoms with Gasteiger partial charge in [0.25, 0.3) is 5.91 Å². The second-order valence-electron chi connectivity index (χ2n) is 5.95. The van der Waals surface area contributed by atoms with Crippen molar-refractivity contribution in [2.45, 2.75) is 18.5 Å². The Kier molecular flexibility index (Phi) is 3.27. The number of fused-ring (bicyclic) bond motifs is 2. The number of aromatic nitrogens is 1. The monoisotopic (exact) mass is 294 g/mol. The van der Waals surface area contributed by atoms with Gasteiger partial charge >= 0.3 is 0 Å². The molecule has 1 amide bonds. The van der Waals surface area contributed by atoms with Crippen LogP contribution in [0.25, 0.3) is 0 Å². The Balaban J connectivity index is 1.50. The van der Waals surface area contributed by atoms with Crippen molar-refractivity contribution in [2.24, 2.45) is 0 Å². The summed E-state index contributed by atoms with van der Waals surface area (Å²) in [5, 5.41) is 6.40. The van der Waals surface area contributed by atoms with Crippen molar-refractivity contribution in [1.82, 2.24) is 10.3 Å². The molecule has 4 heterocycles. The zero-order chi connectivity index (χ0) is 14.9. The van der Waals surface area contributed by atoms with E-state index in [0.717, 1.165) is 24.5 Å². The molecule has 2 unspecified atom stereocenters. The lowest BCUT2D eigenvalue weighted by molar-refractivity contribution is 0.102. The molecule has 5 nitrogen and oxygen atoms in total. The van der Waals surface area contributed by atoms with E-state index in [1.165, 1.54) is 6.42 Å². The summed E-state index contributed by atoms with van der Waals surface area (Å²) in [5.41, 5.74) is 2.41. The summed E-state index contributed by atoms with van der Waals surface area (Å²) < 4.78 is 0. The van der Waals surface area contributed by atoms with Gasteiger partial charge in [-0.25, -0.2) is 0 Å². The maximum atomic E-state index is 12.3. The molecule has 0 saturated carbocycles. The van der Waals surface area contributed by atoms with Crippen molar-refractivity contribution in [3.8, 4) is 0 Å². The van der Waals surface area contributed by atoms with Gasteiger partial charge in [-0.05, 0) is 24.6 Å². The SMILES string of the molecule is O=C(Nc1ccccc1)c1cncc(N2CC3CC(C2)N3)c1. The van der Waals surface area contributed by atoms with E-state index in [4.69, 9.17) is 0 Å². The average molecular weight is 294 g/mol. The molecule has 2 N–H and O–H groups in total. The number of para-hydroxylation sites is 1. The van der Waals surface area contributed by atoms with Gasteiger partial charge in [-0.15, -0.1) is 0 Å². The van der Waals surface area contributed by atoms with Crippen molar-refractivity contribution < 1.29 is 4.79 Å². The Morgan fingerprint density at radius 2 is 1.91 bits per heavy atom. The minimum atomic E-state index is -0.124. The highest BCUT2D eigenvalue weighted by Crippen LogP contribution is 2.26. The fourth-order valence-electron chi connectivity index (χ4n) is 3.17. The number of pyridine rings is 1. The summed E-state index contributed by atoms with van der Waals surface area (Å²) in [6.45, 7) is 1.98. The summed E-state index contributed by atoms with van der Waals surface area (Å²) in [7, 11) is 0. The number of hydrogen-bond donors (Lipinski definition) is 2. The number of anilines is 2. The Morgan fingerprint density at radius 3 is 2.64 bits per heavy atom. The Bertz CT molecular complexity index is 672. The Labute approximate surface area is 129 Å².